The lowest BCUT2D eigenvalue weighted by Crippen LogP contribution is -2.29. The lowest BCUT2D eigenvalue weighted by atomic mass is 9.99. The lowest BCUT2D eigenvalue weighted by Gasteiger charge is -2.17. The topological polar surface area (TPSA) is 47.3 Å². The number of halogens is 1. The molecule has 2 rings (SSSR count). The zero-order valence-corrected chi connectivity index (χ0v) is 13.1. The first-order valence-corrected chi connectivity index (χ1v) is 7.45. The molecule has 0 heterocycles. The third kappa shape index (κ3) is 4.07. The minimum Gasteiger partial charge on any atom is -0.494 e. The highest BCUT2D eigenvalue weighted by Gasteiger charge is 2.11. The number of hydrazine groups is 1. The fourth-order valence-corrected chi connectivity index (χ4v) is 2.61. The Morgan fingerprint density at radius 3 is 2.70 bits per heavy atom. The molecule has 2 aromatic carbocycles. The Hall–Kier alpha value is -1.36. The van der Waals surface area contributed by atoms with Crippen LogP contribution in [0.25, 0.3) is 0 Å². The van der Waals surface area contributed by atoms with Crippen LogP contribution in [-0.2, 0) is 6.42 Å². The van der Waals surface area contributed by atoms with Gasteiger partial charge in [-0.25, -0.2) is 0 Å². The van der Waals surface area contributed by atoms with Crippen molar-refractivity contribution in [2.45, 2.75) is 19.4 Å². The smallest absolute Gasteiger partial charge is 0.119 e. The van der Waals surface area contributed by atoms with E-state index in [1.807, 2.05) is 37.3 Å². The van der Waals surface area contributed by atoms with E-state index in [0.29, 0.717) is 6.61 Å². The summed E-state index contributed by atoms with van der Waals surface area (Å²) >= 11 is 3.49. The Morgan fingerprint density at radius 2 is 2.00 bits per heavy atom. The molecule has 1 atom stereocenters. The molecule has 0 aliphatic heterocycles. The normalized spacial score (nSPS) is 12.2. The number of nitrogens with two attached hydrogens (primary N) is 1. The molecule has 106 valence electrons. The summed E-state index contributed by atoms with van der Waals surface area (Å²) in [5, 5.41) is 0. The van der Waals surface area contributed by atoms with Gasteiger partial charge in [-0.3, -0.25) is 11.3 Å². The predicted molar refractivity (Wildman–Crippen MR) is 85.5 cm³/mol. The van der Waals surface area contributed by atoms with Crippen LogP contribution in [0.4, 0.5) is 0 Å². The number of ether oxygens (including phenoxy) is 1. The van der Waals surface area contributed by atoms with Crippen LogP contribution in [0.5, 0.6) is 5.75 Å². The molecule has 3 nitrogen and oxygen atoms in total. The molecule has 0 aromatic heterocycles. The Labute approximate surface area is 128 Å². The van der Waals surface area contributed by atoms with Crippen molar-refractivity contribution >= 4 is 15.9 Å². The number of hydrogen-bond acceptors (Lipinski definition) is 3. The lowest BCUT2D eigenvalue weighted by molar-refractivity contribution is 0.339. The summed E-state index contributed by atoms with van der Waals surface area (Å²) in [6.07, 6.45) is 0.825. The van der Waals surface area contributed by atoms with Gasteiger partial charge in [-0.05, 0) is 48.7 Å². The molecular weight excluding hydrogens is 316 g/mol. The maximum atomic E-state index is 5.71. The van der Waals surface area contributed by atoms with Crippen molar-refractivity contribution in [2.24, 2.45) is 5.84 Å². The van der Waals surface area contributed by atoms with Gasteiger partial charge in [-0.2, -0.15) is 0 Å². The second-order valence-corrected chi connectivity index (χ2v) is 5.47. The maximum absolute atomic E-state index is 5.71. The first-order chi connectivity index (χ1) is 9.72. The van der Waals surface area contributed by atoms with E-state index < -0.39 is 0 Å². The molecular formula is C16H19BrN2O. The number of benzene rings is 2. The average molecular weight is 335 g/mol. The summed E-state index contributed by atoms with van der Waals surface area (Å²) in [7, 11) is 0. The summed E-state index contributed by atoms with van der Waals surface area (Å²) in [4.78, 5) is 0. The average Bonchev–Trinajstić information content (AvgIpc) is 2.45. The Balaban J connectivity index is 2.17. The molecule has 0 amide bonds. The van der Waals surface area contributed by atoms with Gasteiger partial charge in [0.2, 0.25) is 0 Å². The van der Waals surface area contributed by atoms with E-state index in [2.05, 4.69) is 39.6 Å². The molecule has 1 unspecified atom stereocenters. The molecule has 0 spiro atoms. The zero-order chi connectivity index (χ0) is 14.4. The monoisotopic (exact) mass is 334 g/mol. The van der Waals surface area contributed by atoms with E-state index in [9.17, 15) is 0 Å². The second kappa shape index (κ2) is 7.43. The van der Waals surface area contributed by atoms with Crippen LogP contribution in [0.2, 0.25) is 0 Å². The van der Waals surface area contributed by atoms with Gasteiger partial charge in [-0.1, -0.05) is 40.2 Å². The largest absolute Gasteiger partial charge is 0.494 e. The Bertz CT molecular complexity index is 560. The van der Waals surface area contributed by atoms with Crippen LogP contribution in [-0.4, -0.2) is 6.61 Å². The summed E-state index contributed by atoms with van der Waals surface area (Å²) in [6.45, 7) is 2.64. The number of rotatable bonds is 6. The highest BCUT2D eigenvalue weighted by atomic mass is 79.9. The fourth-order valence-electron chi connectivity index (χ4n) is 2.16. The third-order valence-corrected chi connectivity index (χ3v) is 3.59. The highest BCUT2D eigenvalue weighted by Crippen LogP contribution is 2.23. The van der Waals surface area contributed by atoms with Crippen LogP contribution in [0, 0.1) is 0 Å². The molecule has 0 aliphatic carbocycles. The SMILES string of the molecule is CCOc1cccc(C(Cc2cccc(Br)c2)NN)c1. The van der Waals surface area contributed by atoms with E-state index in [0.717, 1.165) is 22.2 Å². The van der Waals surface area contributed by atoms with Gasteiger partial charge >= 0.3 is 0 Å². The highest BCUT2D eigenvalue weighted by molar-refractivity contribution is 9.10. The summed E-state index contributed by atoms with van der Waals surface area (Å²) < 4.78 is 6.61. The van der Waals surface area contributed by atoms with Gasteiger partial charge in [0.25, 0.3) is 0 Å². The molecule has 0 saturated heterocycles. The molecule has 0 aliphatic rings. The summed E-state index contributed by atoms with van der Waals surface area (Å²) in [6, 6.07) is 16.4. The second-order valence-electron chi connectivity index (χ2n) is 4.56. The van der Waals surface area contributed by atoms with Gasteiger partial charge in [-0.15, -0.1) is 0 Å². The van der Waals surface area contributed by atoms with Crippen LogP contribution in [0.15, 0.2) is 53.0 Å². The first-order valence-electron chi connectivity index (χ1n) is 6.66. The molecule has 4 heteroatoms. The van der Waals surface area contributed by atoms with Crippen LogP contribution < -0.4 is 16.0 Å². The van der Waals surface area contributed by atoms with Gasteiger partial charge < -0.3 is 4.74 Å². The third-order valence-electron chi connectivity index (χ3n) is 3.10. The van der Waals surface area contributed by atoms with Gasteiger partial charge in [0.15, 0.2) is 0 Å². The molecule has 2 aromatic rings. The van der Waals surface area contributed by atoms with Crippen molar-refractivity contribution < 1.29 is 4.74 Å². The van der Waals surface area contributed by atoms with Gasteiger partial charge in [0.1, 0.15) is 5.75 Å². The van der Waals surface area contributed by atoms with Crippen LogP contribution in [0.1, 0.15) is 24.1 Å². The summed E-state index contributed by atoms with van der Waals surface area (Å²) in [5.74, 6) is 6.59. The standard InChI is InChI=1S/C16H19BrN2O/c1-2-20-15-8-4-6-13(11-15)16(19-18)10-12-5-3-7-14(17)9-12/h3-9,11,16,19H,2,10,18H2,1H3. The van der Waals surface area contributed by atoms with Crippen molar-refractivity contribution in [2.75, 3.05) is 6.61 Å². The zero-order valence-electron chi connectivity index (χ0n) is 11.5. The Kier molecular flexibility index (Phi) is 5.59. The van der Waals surface area contributed by atoms with Crippen molar-refractivity contribution in [1.29, 1.82) is 0 Å². The van der Waals surface area contributed by atoms with Crippen molar-refractivity contribution in [3.8, 4) is 5.75 Å². The maximum Gasteiger partial charge on any atom is 0.119 e. The summed E-state index contributed by atoms with van der Waals surface area (Å²) in [5.41, 5.74) is 5.23. The first kappa shape index (κ1) is 15.0. The van der Waals surface area contributed by atoms with E-state index in [-0.39, 0.29) is 6.04 Å². The van der Waals surface area contributed by atoms with E-state index in [1.54, 1.807) is 0 Å². The molecule has 0 fully saturated rings. The van der Waals surface area contributed by atoms with Crippen molar-refractivity contribution in [3.63, 3.8) is 0 Å². The van der Waals surface area contributed by atoms with Crippen molar-refractivity contribution in [3.05, 3.63) is 64.1 Å². The van der Waals surface area contributed by atoms with Crippen molar-refractivity contribution in [1.82, 2.24) is 5.43 Å². The van der Waals surface area contributed by atoms with E-state index in [1.165, 1.54) is 5.56 Å². The Morgan fingerprint density at radius 1 is 1.20 bits per heavy atom. The number of hydrogen-bond donors (Lipinski definition) is 2. The van der Waals surface area contributed by atoms with Crippen LogP contribution >= 0.6 is 15.9 Å². The van der Waals surface area contributed by atoms with E-state index in [4.69, 9.17) is 10.6 Å². The van der Waals surface area contributed by atoms with E-state index >= 15 is 0 Å². The molecule has 0 radical (unpaired) electrons. The minimum absolute atomic E-state index is 0.0599. The predicted octanol–water partition coefficient (Wildman–Crippen LogP) is 3.59. The molecule has 20 heavy (non-hydrogen) atoms. The quantitative estimate of drug-likeness (QED) is 0.626. The molecule has 0 saturated carbocycles. The van der Waals surface area contributed by atoms with Gasteiger partial charge in [0, 0.05) is 4.47 Å². The minimum atomic E-state index is 0.0599. The molecule has 3 N–H and O–H groups in total. The molecule has 0 bridgehead atoms. The van der Waals surface area contributed by atoms with Crippen LogP contribution in [0.3, 0.4) is 0 Å². The fraction of sp³-hybridized carbons (Fsp3) is 0.250. The number of nitrogens with one attached hydrogen (secondary N) is 1. The van der Waals surface area contributed by atoms with Gasteiger partial charge in [0.05, 0.1) is 12.6 Å².